The van der Waals surface area contributed by atoms with Crippen molar-refractivity contribution in [3.8, 4) is 0 Å². The summed E-state index contributed by atoms with van der Waals surface area (Å²) in [6.45, 7) is 12.5. The maximum Gasteiger partial charge on any atom is 0.293 e. The minimum absolute atomic E-state index is 0.0486. The van der Waals surface area contributed by atoms with E-state index in [1.807, 2.05) is 13.8 Å². The highest BCUT2D eigenvalue weighted by Crippen LogP contribution is 2.17. The van der Waals surface area contributed by atoms with E-state index in [-0.39, 0.29) is 12.3 Å². The molecule has 1 heterocycles. The van der Waals surface area contributed by atoms with Crippen molar-refractivity contribution in [1.29, 1.82) is 0 Å². The van der Waals surface area contributed by atoms with Crippen molar-refractivity contribution in [2.75, 3.05) is 0 Å². The Kier molecular flexibility index (Phi) is 4.33. The van der Waals surface area contributed by atoms with E-state index in [1.54, 1.807) is 0 Å². The number of hydrogen-bond donors (Lipinski definition) is 1. The molecule has 0 bridgehead atoms. The van der Waals surface area contributed by atoms with E-state index >= 15 is 0 Å². The van der Waals surface area contributed by atoms with E-state index in [0.717, 1.165) is 5.84 Å². The molecule has 0 radical (unpaired) electrons. The lowest BCUT2D eigenvalue weighted by Gasteiger charge is -2.28. The van der Waals surface area contributed by atoms with Crippen LogP contribution in [0, 0.1) is 11.8 Å². The summed E-state index contributed by atoms with van der Waals surface area (Å²) in [4.78, 5) is 8.54. The lowest BCUT2D eigenvalue weighted by atomic mass is 9.96. The lowest BCUT2D eigenvalue weighted by Crippen LogP contribution is -2.41. The highest BCUT2D eigenvalue weighted by Gasteiger charge is 2.22. The number of ether oxygens (including phenoxy) is 1. The van der Waals surface area contributed by atoms with Crippen molar-refractivity contribution in [3.05, 3.63) is 0 Å². The standard InChI is InChI=1S/C12H23N3O/c1-7(2)11(8(3)4)16-12-14-9(5)13-10(6)15-12/h7-9,11H,1-6H3,(H,13,14,15). The van der Waals surface area contributed by atoms with Gasteiger partial charge < -0.3 is 10.1 Å². The van der Waals surface area contributed by atoms with Gasteiger partial charge in [0, 0.05) is 0 Å². The molecule has 92 valence electrons. The molecule has 1 N–H and O–H groups in total. The molecule has 0 amide bonds. The highest BCUT2D eigenvalue weighted by atomic mass is 16.5. The first-order valence-corrected chi connectivity index (χ1v) is 5.96. The van der Waals surface area contributed by atoms with Crippen LogP contribution >= 0.6 is 0 Å². The Morgan fingerprint density at radius 1 is 1.19 bits per heavy atom. The number of hydrogen-bond acceptors (Lipinski definition) is 4. The minimum atomic E-state index is 0.0486. The molecular weight excluding hydrogens is 202 g/mol. The van der Waals surface area contributed by atoms with Crippen LogP contribution < -0.4 is 5.32 Å². The van der Waals surface area contributed by atoms with Gasteiger partial charge in [-0.2, -0.15) is 4.99 Å². The van der Waals surface area contributed by atoms with Crippen LogP contribution in [0.1, 0.15) is 41.5 Å². The Morgan fingerprint density at radius 2 is 1.75 bits per heavy atom. The van der Waals surface area contributed by atoms with Crippen LogP contribution in [0.3, 0.4) is 0 Å². The van der Waals surface area contributed by atoms with Crippen LogP contribution in [0.4, 0.5) is 0 Å². The molecule has 4 nitrogen and oxygen atoms in total. The van der Waals surface area contributed by atoms with E-state index < -0.39 is 0 Å². The SMILES string of the molecule is CC1=NC(C)NC(OC(C(C)C)C(C)C)=N1. The number of amidine groups is 2. The fourth-order valence-electron chi connectivity index (χ4n) is 1.93. The van der Waals surface area contributed by atoms with E-state index in [2.05, 4.69) is 43.0 Å². The van der Waals surface area contributed by atoms with Gasteiger partial charge in [0.2, 0.25) is 0 Å². The zero-order valence-corrected chi connectivity index (χ0v) is 11.1. The molecule has 0 saturated carbocycles. The van der Waals surface area contributed by atoms with Crippen molar-refractivity contribution in [2.45, 2.75) is 53.8 Å². The Balaban J connectivity index is 2.69. The maximum absolute atomic E-state index is 5.91. The van der Waals surface area contributed by atoms with Crippen molar-refractivity contribution >= 4 is 11.9 Å². The molecule has 0 aromatic rings. The predicted octanol–water partition coefficient (Wildman–Crippen LogP) is 2.41. The third-order valence-electron chi connectivity index (χ3n) is 2.54. The summed E-state index contributed by atoms with van der Waals surface area (Å²) in [6, 6.07) is 0.604. The number of nitrogens with zero attached hydrogens (tertiary/aromatic N) is 2. The number of aliphatic imine (C=N–C) groups is 2. The predicted molar refractivity (Wildman–Crippen MR) is 67.7 cm³/mol. The fourth-order valence-corrected chi connectivity index (χ4v) is 1.93. The van der Waals surface area contributed by atoms with Gasteiger partial charge in [0.15, 0.2) is 0 Å². The van der Waals surface area contributed by atoms with Crippen LogP contribution in [-0.4, -0.2) is 24.1 Å². The van der Waals surface area contributed by atoms with Crippen LogP contribution in [0.15, 0.2) is 9.98 Å². The van der Waals surface area contributed by atoms with Crippen molar-refractivity contribution < 1.29 is 4.74 Å². The summed E-state index contributed by atoms with van der Waals surface area (Å²) >= 11 is 0. The van der Waals surface area contributed by atoms with Crippen molar-refractivity contribution in [2.24, 2.45) is 21.8 Å². The molecule has 1 atom stereocenters. The summed E-state index contributed by atoms with van der Waals surface area (Å²) in [7, 11) is 0. The third-order valence-corrected chi connectivity index (χ3v) is 2.54. The first-order chi connectivity index (χ1) is 7.40. The van der Waals surface area contributed by atoms with E-state index in [9.17, 15) is 0 Å². The summed E-state index contributed by atoms with van der Waals surface area (Å²) < 4.78 is 5.91. The maximum atomic E-state index is 5.91. The van der Waals surface area contributed by atoms with Crippen LogP contribution in [0.25, 0.3) is 0 Å². The second-order valence-corrected chi connectivity index (χ2v) is 4.98. The molecule has 16 heavy (non-hydrogen) atoms. The highest BCUT2D eigenvalue weighted by molar-refractivity contribution is 5.94. The van der Waals surface area contributed by atoms with E-state index in [1.165, 1.54) is 0 Å². The monoisotopic (exact) mass is 225 g/mol. The van der Waals surface area contributed by atoms with Crippen molar-refractivity contribution in [1.82, 2.24) is 5.32 Å². The topological polar surface area (TPSA) is 46.0 Å². The summed E-state index contributed by atoms with van der Waals surface area (Å²) in [5, 5.41) is 3.13. The quantitative estimate of drug-likeness (QED) is 0.801. The van der Waals surface area contributed by atoms with Gasteiger partial charge in [-0.3, -0.25) is 0 Å². The Hall–Kier alpha value is -1.06. The van der Waals surface area contributed by atoms with Gasteiger partial charge in [-0.25, -0.2) is 4.99 Å². The fraction of sp³-hybridized carbons (Fsp3) is 0.833. The largest absolute Gasteiger partial charge is 0.461 e. The zero-order valence-electron chi connectivity index (χ0n) is 11.1. The molecule has 0 saturated heterocycles. The van der Waals surface area contributed by atoms with Gasteiger partial charge in [-0.05, 0) is 25.7 Å². The molecular formula is C12H23N3O. The Morgan fingerprint density at radius 3 is 2.19 bits per heavy atom. The molecule has 1 aliphatic heterocycles. The van der Waals surface area contributed by atoms with Gasteiger partial charge in [0.1, 0.15) is 18.1 Å². The second-order valence-electron chi connectivity index (χ2n) is 4.98. The lowest BCUT2D eigenvalue weighted by molar-refractivity contribution is 0.0857. The van der Waals surface area contributed by atoms with Crippen LogP contribution in [-0.2, 0) is 4.74 Å². The molecule has 0 fully saturated rings. The normalized spacial score (nSPS) is 20.9. The molecule has 4 heteroatoms. The Labute approximate surface area is 98.2 Å². The molecule has 0 aromatic carbocycles. The first kappa shape index (κ1) is 13.0. The van der Waals surface area contributed by atoms with Gasteiger partial charge in [0.05, 0.1) is 0 Å². The minimum Gasteiger partial charge on any atom is -0.461 e. The van der Waals surface area contributed by atoms with Gasteiger partial charge >= 0.3 is 0 Å². The van der Waals surface area contributed by atoms with Gasteiger partial charge in [0.25, 0.3) is 6.02 Å². The van der Waals surface area contributed by atoms with E-state index in [4.69, 9.17) is 4.74 Å². The third kappa shape index (κ3) is 3.51. The van der Waals surface area contributed by atoms with Gasteiger partial charge in [-0.1, -0.05) is 27.7 Å². The Bertz CT molecular complexity index is 287. The molecule has 1 rings (SSSR count). The molecule has 1 unspecified atom stereocenters. The molecule has 0 aliphatic carbocycles. The average Bonchev–Trinajstić information content (AvgIpc) is 2.11. The summed E-state index contributed by atoms with van der Waals surface area (Å²) in [5.41, 5.74) is 0. The molecule has 0 aromatic heterocycles. The summed E-state index contributed by atoms with van der Waals surface area (Å²) in [5.74, 6) is 1.71. The summed E-state index contributed by atoms with van der Waals surface area (Å²) in [6.07, 6.45) is 0.233. The number of nitrogens with one attached hydrogen (secondary N) is 1. The zero-order chi connectivity index (χ0) is 12.3. The first-order valence-electron chi connectivity index (χ1n) is 5.96. The van der Waals surface area contributed by atoms with Crippen LogP contribution in [0.5, 0.6) is 0 Å². The van der Waals surface area contributed by atoms with Crippen LogP contribution in [0.2, 0.25) is 0 Å². The number of rotatable bonds is 3. The van der Waals surface area contributed by atoms with Gasteiger partial charge in [-0.15, -0.1) is 0 Å². The molecule has 0 spiro atoms. The van der Waals surface area contributed by atoms with Crippen molar-refractivity contribution in [3.63, 3.8) is 0 Å². The smallest absolute Gasteiger partial charge is 0.293 e. The average molecular weight is 225 g/mol. The molecule has 1 aliphatic rings. The second kappa shape index (κ2) is 5.32. The van der Waals surface area contributed by atoms with E-state index in [0.29, 0.717) is 17.9 Å².